The third kappa shape index (κ3) is 3.02. The maximum absolute atomic E-state index is 9.82. The number of fused-ring (bicyclic) bond motifs is 1. The van der Waals surface area contributed by atoms with Gasteiger partial charge in [-0.1, -0.05) is 60.2 Å². The number of aliphatic hydroxyl groups excluding tert-OH is 1. The molecule has 0 radical (unpaired) electrons. The number of imidazole rings is 1. The normalized spacial score (nSPS) is 11.2. The molecule has 130 valence electrons. The Hall–Kier alpha value is -2.91. The zero-order valence-electron chi connectivity index (χ0n) is 15.1. The van der Waals surface area contributed by atoms with E-state index in [1.165, 1.54) is 22.3 Å². The van der Waals surface area contributed by atoms with Crippen LogP contribution in [0, 0.1) is 13.8 Å². The molecular weight excluding hydrogens is 320 g/mol. The predicted molar refractivity (Wildman–Crippen MR) is 106 cm³/mol. The van der Waals surface area contributed by atoms with E-state index in [-0.39, 0.29) is 6.61 Å². The SMILES string of the molecule is Cc1ccc(C)c(Cn2c(CO)nc3ccc(-c4ccccc4)cc32)c1. The summed E-state index contributed by atoms with van der Waals surface area (Å²) >= 11 is 0. The zero-order chi connectivity index (χ0) is 18.1. The minimum Gasteiger partial charge on any atom is -0.388 e. The molecule has 0 unspecified atom stereocenters. The van der Waals surface area contributed by atoms with E-state index in [0.29, 0.717) is 12.4 Å². The van der Waals surface area contributed by atoms with Crippen molar-refractivity contribution in [1.29, 1.82) is 0 Å². The highest BCUT2D eigenvalue weighted by Gasteiger charge is 2.13. The van der Waals surface area contributed by atoms with Crippen LogP contribution in [0.1, 0.15) is 22.5 Å². The lowest BCUT2D eigenvalue weighted by atomic mass is 10.0. The summed E-state index contributed by atoms with van der Waals surface area (Å²) in [6, 6.07) is 23.1. The Balaban J connectivity index is 1.85. The molecule has 0 aliphatic carbocycles. The highest BCUT2D eigenvalue weighted by molar-refractivity contribution is 5.82. The molecule has 0 aliphatic heterocycles. The van der Waals surface area contributed by atoms with Gasteiger partial charge >= 0.3 is 0 Å². The molecule has 0 saturated carbocycles. The lowest BCUT2D eigenvalue weighted by Gasteiger charge is -2.12. The molecule has 3 aromatic carbocycles. The molecule has 0 amide bonds. The van der Waals surface area contributed by atoms with E-state index in [4.69, 9.17) is 0 Å². The van der Waals surface area contributed by atoms with E-state index in [0.717, 1.165) is 16.6 Å². The van der Waals surface area contributed by atoms with Crippen molar-refractivity contribution in [3.05, 3.63) is 89.2 Å². The third-order valence-corrected chi connectivity index (χ3v) is 4.91. The van der Waals surface area contributed by atoms with Crippen LogP contribution in [0.2, 0.25) is 0 Å². The number of hydrogen-bond acceptors (Lipinski definition) is 2. The van der Waals surface area contributed by atoms with Gasteiger partial charge in [0.1, 0.15) is 12.4 Å². The topological polar surface area (TPSA) is 38.0 Å². The van der Waals surface area contributed by atoms with Gasteiger partial charge in [-0.05, 0) is 48.2 Å². The lowest BCUT2D eigenvalue weighted by molar-refractivity contribution is 0.267. The summed E-state index contributed by atoms with van der Waals surface area (Å²) in [6.07, 6.45) is 0. The van der Waals surface area contributed by atoms with Crippen LogP contribution in [0.5, 0.6) is 0 Å². The minimum absolute atomic E-state index is 0.0692. The van der Waals surface area contributed by atoms with E-state index in [9.17, 15) is 5.11 Å². The Labute approximate surface area is 153 Å². The van der Waals surface area contributed by atoms with Crippen molar-refractivity contribution >= 4 is 11.0 Å². The van der Waals surface area contributed by atoms with Crippen molar-refractivity contribution in [1.82, 2.24) is 9.55 Å². The first-order chi connectivity index (χ1) is 12.7. The lowest BCUT2D eigenvalue weighted by Crippen LogP contribution is -2.06. The van der Waals surface area contributed by atoms with Crippen LogP contribution in [0.25, 0.3) is 22.2 Å². The maximum atomic E-state index is 9.82. The van der Waals surface area contributed by atoms with Crippen molar-refractivity contribution in [2.24, 2.45) is 0 Å². The second kappa shape index (κ2) is 6.77. The van der Waals surface area contributed by atoms with E-state index in [1.54, 1.807) is 0 Å². The summed E-state index contributed by atoms with van der Waals surface area (Å²) in [4.78, 5) is 4.63. The first-order valence-electron chi connectivity index (χ1n) is 8.87. The van der Waals surface area contributed by atoms with Crippen LogP contribution >= 0.6 is 0 Å². The van der Waals surface area contributed by atoms with Crippen LogP contribution in [0.15, 0.2) is 66.7 Å². The predicted octanol–water partition coefficient (Wildman–Crippen LogP) is 4.86. The Morgan fingerprint density at radius 3 is 2.46 bits per heavy atom. The van der Waals surface area contributed by atoms with Crippen LogP contribution in [0.3, 0.4) is 0 Å². The number of aryl methyl sites for hydroxylation is 2. The molecule has 1 heterocycles. The van der Waals surface area contributed by atoms with Gasteiger partial charge in [-0.2, -0.15) is 0 Å². The molecule has 0 atom stereocenters. The average molecular weight is 342 g/mol. The molecule has 1 N–H and O–H groups in total. The molecule has 0 bridgehead atoms. The highest BCUT2D eigenvalue weighted by Crippen LogP contribution is 2.26. The second-order valence-corrected chi connectivity index (χ2v) is 6.77. The van der Waals surface area contributed by atoms with E-state index >= 15 is 0 Å². The highest BCUT2D eigenvalue weighted by atomic mass is 16.3. The molecule has 3 nitrogen and oxygen atoms in total. The average Bonchev–Trinajstić information content (AvgIpc) is 3.02. The van der Waals surface area contributed by atoms with Crippen molar-refractivity contribution in [2.45, 2.75) is 27.0 Å². The summed E-state index contributed by atoms with van der Waals surface area (Å²) in [5, 5.41) is 9.82. The Bertz CT molecular complexity index is 1060. The first kappa shape index (κ1) is 16.6. The van der Waals surface area contributed by atoms with Crippen molar-refractivity contribution < 1.29 is 5.11 Å². The van der Waals surface area contributed by atoms with Gasteiger partial charge in [0.25, 0.3) is 0 Å². The first-order valence-corrected chi connectivity index (χ1v) is 8.87. The van der Waals surface area contributed by atoms with Crippen molar-refractivity contribution in [3.63, 3.8) is 0 Å². The molecule has 4 aromatic rings. The summed E-state index contributed by atoms with van der Waals surface area (Å²) in [7, 11) is 0. The van der Waals surface area contributed by atoms with Gasteiger partial charge in [0, 0.05) is 6.54 Å². The molecule has 4 rings (SSSR count). The van der Waals surface area contributed by atoms with Gasteiger partial charge in [0.15, 0.2) is 0 Å². The van der Waals surface area contributed by atoms with E-state index < -0.39 is 0 Å². The van der Waals surface area contributed by atoms with E-state index in [2.05, 4.69) is 65.9 Å². The van der Waals surface area contributed by atoms with Gasteiger partial charge < -0.3 is 9.67 Å². The summed E-state index contributed by atoms with van der Waals surface area (Å²) in [6.45, 7) is 4.87. The number of aromatic nitrogens is 2. The number of hydrogen-bond donors (Lipinski definition) is 1. The monoisotopic (exact) mass is 342 g/mol. The summed E-state index contributed by atoms with van der Waals surface area (Å²) in [5.74, 6) is 0.700. The van der Waals surface area contributed by atoms with Gasteiger partial charge in [0.2, 0.25) is 0 Å². The van der Waals surface area contributed by atoms with E-state index in [1.807, 2.05) is 24.3 Å². The fourth-order valence-corrected chi connectivity index (χ4v) is 3.42. The fourth-order valence-electron chi connectivity index (χ4n) is 3.42. The second-order valence-electron chi connectivity index (χ2n) is 6.77. The quantitative estimate of drug-likeness (QED) is 0.575. The van der Waals surface area contributed by atoms with Crippen LogP contribution in [-0.4, -0.2) is 14.7 Å². The minimum atomic E-state index is -0.0692. The molecule has 0 fully saturated rings. The van der Waals surface area contributed by atoms with Gasteiger partial charge in [-0.25, -0.2) is 4.98 Å². The van der Waals surface area contributed by atoms with Crippen LogP contribution in [0.4, 0.5) is 0 Å². The van der Waals surface area contributed by atoms with Crippen molar-refractivity contribution in [2.75, 3.05) is 0 Å². The molecule has 26 heavy (non-hydrogen) atoms. The maximum Gasteiger partial charge on any atom is 0.136 e. The zero-order valence-corrected chi connectivity index (χ0v) is 15.1. The largest absolute Gasteiger partial charge is 0.388 e. The van der Waals surface area contributed by atoms with Gasteiger partial charge in [0.05, 0.1) is 11.0 Å². The Morgan fingerprint density at radius 2 is 1.69 bits per heavy atom. The number of nitrogens with zero attached hydrogens (tertiary/aromatic N) is 2. The Morgan fingerprint density at radius 1 is 0.885 bits per heavy atom. The van der Waals surface area contributed by atoms with Crippen molar-refractivity contribution in [3.8, 4) is 11.1 Å². The standard InChI is InChI=1S/C23H22N2O/c1-16-8-9-17(2)20(12-16)14-25-22-13-19(18-6-4-3-5-7-18)10-11-21(22)24-23(25)15-26/h3-13,26H,14-15H2,1-2H3. The molecule has 0 aliphatic rings. The third-order valence-electron chi connectivity index (χ3n) is 4.91. The van der Waals surface area contributed by atoms with Gasteiger partial charge in [-0.3, -0.25) is 0 Å². The number of aliphatic hydroxyl groups is 1. The summed E-state index contributed by atoms with van der Waals surface area (Å²) in [5.41, 5.74) is 8.05. The molecule has 1 aromatic heterocycles. The number of rotatable bonds is 4. The number of benzene rings is 3. The van der Waals surface area contributed by atoms with Crippen LogP contribution < -0.4 is 0 Å². The fraction of sp³-hybridized carbons (Fsp3) is 0.174. The molecule has 0 spiro atoms. The summed E-state index contributed by atoms with van der Waals surface area (Å²) < 4.78 is 2.13. The smallest absolute Gasteiger partial charge is 0.136 e. The molecule has 0 saturated heterocycles. The molecular formula is C23H22N2O. The Kier molecular flexibility index (Phi) is 4.31. The van der Waals surface area contributed by atoms with Crippen LogP contribution in [-0.2, 0) is 13.2 Å². The van der Waals surface area contributed by atoms with Gasteiger partial charge in [-0.15, -0.1) is 0 Å². The molecule has 3 heteroatoms.